The summed E-state index contributed by atoms with van der Waals surface area (Å²) < 4.78 is 34.7. The lowest BCUT2D eigenvalue weighted by atomic mass is 10.0. The zero-order chi connectivity index (χ0) is 59.1. The second kappa shape index (κ2) is 62.0. The number of rotatable bonds is 63. The number of unbranched alkanes of at least 4 members (excludes halogenated alkanes) is 37. The summed E-state index contributed by atoms with van der Waals surface area (Å²) >= 11 is 0. The van der Waals surface area contributed by atoms with Crippen LogP contribution in [0.5, 0.6) is 0 Å². The Morgan fingerprint density at radius 1 is 0.395 bits per heavy atom. The van der Waals surface area contributed by atoms with E-state index in [4.69, 9.17) is 18.5 Å². The number of hydrogen-bond donors (Lipinski definition) is 1. The first-order valence-corrected chi connectivity index (χ1v) is 35.7. The van der Waals surface area contributed by atoms with Crippen LogP contribution in [0.2, 0.25) is 0 Å². The molecule has 0 saturated carbocycles. The molecule has 10 heteroatoms. The summed E-state index contributed by atoms with van der Waals surface area (Å²) in [5.74, 6) is -0.782. The maximum absolute atomic E-state index is 12.9. The van der Waals surface area contributed by atoms with E-state index in [9.17, 15) is 19.0 Å². The highest BCUT2D eigenvalue weighted by atomic mass is 31.2. The van der Waals surface area contributed by atoms with Crippen LogP contribution in [0.15, 0.2) is 72.9 Å². The standard InChI is InChI=1S/C71H130NO8P/c1-6-8-10-12-14-16-18-20-22-24-26-28-30-31-32-33-34-35-36-37-38-39-40-41-42-44-46-48-50-52-54-56-58-60-62-64-71(74)80-69(68-79-81(75,76)78-66-65-72(3,4)5)67-77-70(73)63-61-59-57-55-53-51-49-47-45-43-29-27-25-23-21-19-17-15-13-11-9-7-2/h8,10,14,16,20,22,26,28,31-32,34-35,69H,6-7,9,11-13,15,17-19,21,23-25,27,29-30,33,36-68H2,1-5H3/p+1/b10-8-,16-14-,22-20-,28-26-,32-31-,35-34-. The fourth-order valence-corrected chi connectivity index (χ4v) is 10.5. The molecule has 0 rings (SSSR count). The molecule has 0 aromatic rings. The van der Waals surface area contributed by atoms with Crippen molar-refractivity contribution in [1.82, 2.24) is 0 Å². The normalized spacial score (nSPS) is 13.6. The second-order valence-corrected chi connectivity index (χ2v) is 25.6. The first kappa shape index (κ1) is 78.5. The summed E-state index contributed by atoms with van der Waals surface area (Å²) in [6.07, 6.45) is 82.8. The summed E-state index contributed by atoms with van der Waals surface area (Å²) in [6.45, 7) is 4.37. The molecule has 2 atom stereocenters. The minimum atomic E-state index is -4.39. The number of ether oxygens (including phenoxy) is 2. The number of quaternary nitrogens is 1. The van der Waals surface area contributed by atoms with Crippen LogP contribution in [0.3, 0.4) is 0 Å². The zero-order valence-electron chi connectivity index (χ0n) is 53.8. The Balaban J connectivity index is 4.02. The number of carbonyl (C=O) groups excluding carboxylic acids is 2. The van der Waals surface area contributed by atoms with E-state index in [-0.39, 0.29) is 25.6 Å². The molecule has 0 aliphatic carbocycles. The molecule has 0 aromatic heterocycles. The van der Waals surface area contributed by atoms with Crippen molar-refractivity contribution in [3.05, 3.63) is 72.9 Å². The lowest BCUT2D eigenvalue weighted by molar-refractivity contribution is -0.870. The Morgan fingerprint density at radius 3 is 1.05 bits per heavy atom. The molecule has 2 unspecified atom stereocenters. The minimum Gasteiger partial charge on any atom is -0.462 e. The molecule has 0 radical (unpaired) electrons. The summed E-state index contributed by atoms with van der Waals surface area (Å²) in [7, 11) is 1.49. The third-order valence-corrected chi connectivity index (χ3v) is 16.0. The predicted octanol–water partition coefficient (Wildman–Crippen LogP) is 22.0. The number of allylic oxidation sites excluding steroid dienone is 12. The van der Waals surface area contributed by atoms with Crippen molar-refractivity contribution in [2.24, 2.45) is 0 Å². The highest BCUT2D eigenvalue weighted by molar-refractivity contribution is 7.47. The number of hydrogen-bond acceptors (Lipinski definition) is 7. The van der Waals surface area contributed by atoms with E-state index in [1.54, 1.807) is 0 Å². The largest absolute Gasteiger partial charge is 0.472 e. The van der Waals surface area contributed by atoms with E-state index in [0.717, 1.165) is 70.6 Å². The van der Waals surface area contributed by atoms with Gasteiger partial charge in [-0.05, 0) is 64.2 Å². The van der Waals surface area contributed by atoms with Gasteiger partial charge in [-0.2, -0.15) is 0 Å². The second-order valence-electron chi connectivity index (χ2n) is 24.2. The third kappa shape index (κ3) is 66.5. The van der Waals surface area contributed by atoms with Gasteiger partial charge in [0.05, 0.1) is 27.7 Å². The van der Waals surface area contributed by atoms with Crippen LogP contribution in [0.4, 0.5) is 0 Å². The van der Waals surface area contributed by atoms with E-state index in [0.29, 0.717) is 23.9 Å². The lowest BCUT2D eigenvalue weighted by Crippen LogP contribution is -2.37. The number of esters is 2. The van der Waals surface area contributed by atoms with Crippen LogP contribution in [-0.2, 0) is 32.7 Å². The Morgan fingerprint density at radius 2 is 0.704 bits per heavy atom. The van der Waals surface area contributed by atoms with Crippen LogP contribution in [0, 0.1) is 0 Å². The summed E-state index contributed by atoms with van der Waals surface area (Å²) in [5.41, 5.74) is 0. The quantitative estimate of drug-likeness (QED) is 0.0211. The molecule has 0 aromatic carbocycles. The van der Waals surface area contributed by atoms with Crippen molar-refractivity contribution in [1.29, 1.82) is 0 Å². The first-order valence-electron chi connectivity index (χ1n) is 34.2. The first-order chi connectivity index (χ1) is 39.5. The molecule has 0 fully saturated rings. The number of nitrogens with zero attached hydrogens (tertiary/aromatic N) is 1. The van der Waals surface area contributed by atoms with E-state index < -0.39 is 26.5 Å². The van der Waals surface area contributed by atoms with Crippen molar-refractivity contribution >= 4 is 19.8 Å². The van der Waals surface area contributed by atoms with Gasteiger partial charge in [0, 0.05) is 12.8 Å². The zero-order valence-corrected chi connectivity index (χ0v) is 54.7. The maximum atomic E-state index is 12.9. The van der Waals surface area contributed by atoms with Gasteiger partial charge in [-0.1, -0.05) is 311 Å². The highest BCUT2D eigenvalue weighted by Crippen LogP contribution is 2.43. The Labute approximate surface area is 501 Å². The Hall–Kier alpha value is -2.55. The average molecular weight is 1160 g/mol. The third-order valence-electron chi connectivity index (χ3n) is 15.0. The monoisotopic (exact) mass is 1160 g/mol. The smallest absolute Gasteiger partial charge is 0.462 e. The van der Waals surface area contributed by atoms with E-state index >= 15 is 0 Å². The molecule has 0 aliphatic heterocycles. The summed E-state index contributed by atoms with van der Waals surface area (Å²) in [4.78, 5) is 35.8. The average Bonchev–Trinajstić information content (AvgIpc) is 3.43. The van der Waals surface area contributed by atoms with Gasteiger partial charge in [0.2, 0.25) is 0 Å². The topological polar surface area (TPSA) is 108 Å². The van der Waals surface area contributed by atoms with Crippen molar-refractivity contribution in [3.8, 4) is 0 Å². The van der Waals surface area contributed by atoms with E-state index in [1.807, 2.05) is 21.1 Å². The SMILES string of the molecule is CC/C=C\C/C=C\C/C=C\C/C=C\C/C=C\C/C=C\CCCCCCCCCCCCCCCCCCC(=O)OC(COC(=O)CCCCCCCCCCCCCCCCCCCCCCCC)COP(=O)(O)OCC[N+](C)(C)C. The molecule has 0 bridgehead atoms. The van der Waals surface area contributed by atoms with Crippen LogP contribution >= 0.6 is 7.82 Å². The summed E-state index contributed by atoms with van der Waals surface area (Å²) in [6, 6.07) is 0. The Bertz CT molecular complexity index is 1600. The van der Waals surface area contributed by atoms with Gasteiger partial charge in [0.1, 0.15) is 19.8 Å². The number of likely N-dealkylation sites (N-methyl/N-ethyl adjacent to an activating group) is 1. The molecule has 0 heterocycles. The van der Waals surface area contributed by atoms with Gasteiger partial charge in [0.25, 0.3) is 0 Å². The molecule has 1 N–H and O–H groups in total. The van der Waals surface area contributed by atoms with Gasteiger partial charge in [0.15, 0.2) is 6.10 Å². The molecule has 0 amide bonds. The fourth-order valence-electron chi connectivity index (χ4n) is 9.79. The number of phosphoric acid groups is 1. The van der Waals surface area contributed by atoms with Crippen molar-refractivity contribution < 1.29 is 42.1 Å². The highest BCUT2D eigenvalue weighted by Gasteiger charge is 2.27. The molecular weight excluding hydrogens is 1030 g/mol. The molecule has 0 saturated heterocycles. The van der Waals surface area contributed by atoms with Gasteiger partial charge < -0.3 is 18.9 Å². The number of phosphoric ester groups is 1. The van der Waals surface area contributed by atoms with Crippen molar-refractivity contribution in [3.63, 3.8) is 0 Å². The summed E-state index contributed by atoms with van der Waals surface area (Å²) in [5, 5.41) is 0. The van der Waals surface area contributed by atoms with Gasteiger partial charge >= 0.3 is 19.8 Å². The molecule has 9 nitrogen and oxygen atoms in total. The van der Waals surface area contributed by atoms with E-state index in [1.165, 1.54) is 212 Å². The maximum Gasteiger partial charge on any atom is 0.472 e. The fraction of sp³-hybridized carbons (Fsp3) is 0.803. The van der Waals surface area contributed by atoms with Crippen LogP contribution < -0.4 is 0 Å². The molecule has 0 aliphatic rings. The minimum absolute atomic E-state index is 0.0325. The molecule has 0 spiro atoms. The molecular formula is C71H131NO8P+. The lowest BCUT2D eigenvalue weighted by Gasteiger charge is -2.24. The van der Waals surface area contributed by atoms with Crippen LogP contribution in [-0.4, -0.2) is 74.9 Å². The van der Waals surface area contributed by atoms with Crippen LogP contribution in [0.1, 0.15) is 316 Å². The van der Waals surface area contributed by atoms with Crippen LogP contribution in [0.25, 0.3) is 0 Å². The molecule has 81 heavy (non-hydrogen) atoms. The predicted molar refractivity (Wildman–Crippen MR) is 349 cm³/mol. The van der Waals surface area contributed by atoms with Gasteiger partial charge in [-0.25, -0.2) is 4.57 Å². The molecule has 472 valence electrons. The Kier molecular flexibility index (Phi) is 60.0. The van der Waals surface area contributed by atoms with Gasteiger partial charge in [-0.15, -0.1) is 0 Å². The van der Waals surface area contributed by atoms with Gasteiger partial charge in [-0.3, -0.25) is 18.6 Å². The van der Waals surface area contributed by atoms with E-state index in [2.05, 4.69) is 86.8 Å². The van der Waals surface area contributed by atoms with Crippen molar-refractivity contribution in [2.75, 3.05) is 47.5 Å². The van der Waals surface area contributed by atoms with Crippen molar-refractivity contribution in [2.45, 2.75) is 322 Å². The number of carbonyl (C=O) groups is 2.